The van der Waals surface area contributed by atoms with E-state index in [-0.39, 0.29) is 44.4 Å². The van der Waals surface area contributed by atoms with Crippen molar-refractivity contribution in [2.45, 2.75) is 41.8 Å². The molecule has 1 fully saturated rings. The number of rotatable bonds is 14. The van der Waals surface area contributed by atoms with Gasteiger partial charge in [-0.1, -0.05) is 29.3 Å². The molecule has 232 valence electrons. The first-order valence-corrected chi connectivity index (χ1v) is 16.8. The van der Waals surface area contributed by atoms with Gasteiger partial charge in [-0.05, 0) is 66.3 Å². The van der Waals surface area contributed by atoms with Crippen molar-refractivity contribution in [2.75, 3.05) is 19.4 Å². The normalized spacial score (nSPS) is 14.4. The average molecular weight is 680 g/mol. The van der Waals surface area contributed by atoms with Crippen LogP contribution in [-0.2, 0) is 35.8 Å². The highest BCUT2D eigenvalue weighted by Crippen LogP contribution is 2.37. The number of sulfonamides is 1. The molecular formula is C27H26Cl2F2N2O8S2. The molecule has 1 heterocycles. The maximum absolute atomic E-state index is 13.0. The van der Waals surface area contributed by atoms with Crippen molar-refractivity contribution in [1.82, 2.24) is 9.71 Å². The summed E-state index contributed by atoms with van der Waals surface area (Å²) in [4.78, 5) is 16.5. The monoisotopic (exact) mass is 678 g/mol. The van der Waals surface area contributed by atoms with Gasteiger partial charge >= 0.3 is 12.6 Å². The third kappa shape index (κ3) is 9.22. The highest BCUT2D eigenvalue weighted by molar-refractivity contribution is 7.90. The highest BCUT2D eigenvalue weighted by Gasteiger charge is 2.26. The van der Waals surface area contributed by atoms with Crippen molar-refractivity contribution in [3.8, 4) is 11.5 Å². The molecule has 1 aromatic heterocycles. The first-order chi connectivity index (χ1) is 20.2. The molecule has 0 unspecified atom stereocenters. The predicted molar refractivity (Wildman–Crippen MR) is 153 cm³/mol. The van der Waals surface area contributed by atoms with Crippen LogP contribution in [-0.4, -0.2) is 53.8 Å². The molecule has 0 amide bonds. The first kappa shape index (κ1) is 32.9. The number of sulfone groups is 1. The maximum Gasteiger partial charge on any atom is 0.387 e. The molecule has 1 saturated carbocycles. The average Bonchev–Trinajstić information content (AvgIpc) is 3.77. The van der Waals surface area contributed by atoms with Crippen LogP contribution < -0.4 is 14.2 Å². The van der Waals surface area contributed by atoms with E-state index in [0.717, 1.165) is 43.4 Å². The third-order valence-electron chi connectivity index (χ3n) is 6.31. The Morgan fingerprint density at radius 3 is 2.21 bits per heavy atom. The lowest BCUT2D eigenvalue weighted by Gasteiger charge is -2.21. The number of nitrogens with zero attached hydrogens (tertiary/aromatic N) is 1. The molecule has 1 N–H and O–H groups in total. The van der Waals surface area contributed by atoms with Gasteiger partial charge in [0, 0.05) is 25.1 Å². The number of ether oxygens (including phenoxy) is 3. The van der Waals surface area contributed by atoms with Crippen LogP contribution in [0.25, 0.3) is 0 Å². The zero-order valence-corrected chi connectivity index (χ0v) is 25.7. The second-order valence-electron chi connectivity index (χ2n) is 9.67. The second-order valence-corrected chi connectivity index (χ2v) is 14.3. The molecule has 1 aliphatic rings. The summed E-state index contributed by atoms with van der Waals surface area (Å²) in [5, 5.41) is 0.351. The van der Waals surface area contributed by atoms with Gasteiger partial charge in [0.1, 0.15) is 12.6 Å². The molecule has 16 heteroatoms. The van der Waals surface area contributed by atoms with Crippen LogP contribution in [0, 0.1) is 5.92 Å². The predicted octanol–water partition coefficient (Wildman–Crippen LogP) is 4.99. The molecule has 10 nitrogen and oxygen atoms in total. The van der Waals surface area contributed by atoms with E-state index < -0.39 is 45.1 Å². The number of carbonyl (C=O) groups is 1. The van der Waals surface area contributed by atoms with E-state index in [0.29, 0.717) is 17.0 Å². The van der Waals surface area contributed by atoms with Gasteiger partial charge in [-0.15, -0.1) is 0 Å². The van der Waals surface area contributed by atoms with Crippen LogP contribution in [0.4, 0.5) is 8.78 Å². The number of hydrogen-bond donors (Lipinski definition) is 1. The standard InChI is InChI=1S/C27H26Cl2F2N2O8S2/c1-42(35,36)18-5-7-19(8-6-18)43(37,38)33-14-26(34)40-24(11-20-21(28)12-32-13-22(20)29)17-4-9-23(41-27(30)31)25(10-17)39-15-16-2-3-16/h4-10,12-13,16,24,27,33H,2-3,11,14-15H2,1H3/t24-/m0/s1. The van der Waals surface area contributed by atoms with Crippen LogP contribution in [0.1, 0.15) is 30.1 Å². The van der Waals surface area contributed by atoms with E-state index in [1.807, 2.05) is 0 Å². The van der Waals surface area contributed by atoms with Crippen LogP contribution in [0.3, 0.4) is 0 Å². The summed E-state index contributed by atoms with van der Waals surface area (Å²) in [6, 6.07) is 8.49. The van der Waals surface area contributed by atoms with E-state index in [1.54, 1.807) is 0 Å². The fraction of sp³-hybridized carbons (Fsp3) is 0.333. The Morgan fingerprint density at radius 2 is 1.63 bits per heavy atom. The molecule has 43 heavy (non-hydrogen) atoms. The summed E-state index contributed by atoms with van der Waals surface area (Å²) in [5.41, 5.74) is 0.681. The molecule has 0 radical (unpaired) electrons. The minimum atomic E-state index is -4.23. The topological polar surface area (TPSA) is 138 Å². The summed E-state index contributed by atoms with van der Waals surface area (Å²) >= 11 is 12.6. The first-order valence-electron chi connectivity index (χ1n) is 12.7. The van der Waals surface area contributed by atoms with E-state index in [2.05, 4.69) is 14.4 Å². The van der Waals surface area contributed by atoms with Gasteiger partial charge < -0.3 is 14.2 Å². The molecular weight excluding hydrogens is 653 g/mol. The summed E-state index contributed by atoms with van der Waals surface area (Å²) < 4.78 is 92.9. The van der Waals surface area contributed by atoms with Crippen LogP contribution >= 0.6 is 23.2 Å². The number of alkyl halides is 2. The van der Waals surface area contributed by atoms with Crippen LogP contribution in [0.15, 0.2) is 64.6 Å². The summed E-state index contributed by atoms with van der Waals surface area (Å²) in [6.07, 6.45) is 4.36. The van der Waals surface area contributed by atoms with E-state index >= 15 is 0 Å². The Bertz CT molecular complexity index is 1670. The quantitative estimate of drug-likeness (QED) is 0.234. The molecule has 2 aromatic carbocycles. The molecule has 3 aromatic rings. The zero-order chi connectivity index (χ0) is 31.4. The maximum atomic E-state index is 13.0. The number of esters is 1. The molecule has 0 aliphatic heterocycles. The minimum absolute atomic E-state index is 0.0101. The summed E-state index contributed by atoms with van der Waals surface area (Å²) in [5.74, 6) is -0.896. The molecule has 4 rings (SSSR count). The Hall–Kier alpha value is -3.04. The molecule has 0 bridgehead atoms. The number of hydrogen-bond acceptors (Lipinski definition) is 9. The SMILES string of the molecule is CS(=O)(=O)c1ccc(S(=O)(=O)NCC(=O)O[C@@H](Cc2c(Cl)cncc2Cl)c2ccc(OC(F)F)c(OCC3CC3)c2)cc1. The Labute approximate surface area is 257 Å². The largest absolute Gasteiger partial charge is 0.489 e. The van der Waals surface area contributed by atoms with Gasteiger partial charge in [0.05, 0.1) is 26.4 Å². The molecule has 0 saturated heterocycles. The summed E-state index contributed by atoms with van der Waals surface area (Å²) in [7, 11) is -7.77. The van der Waals surface area contributed by atoms with E-state index in [1.165, 1.54) is 30.6 Å². The van der Waals surface area contributed by atoms with Crippen molar-refractivity contribution >= 4 is 49.0 Å². The molecule has 1 atom stereocenters. The Morgan fingerprint density at radius 1 is 1.00 bits per heavy atom. The lowest BCUT2D eigenvalue weighted by molar-refractivity contribution is -0.148. The van der Waals surface area contributed by atoms with Crippen molar-refractivity contribution in [3.63, 3.8) is 0 Å². The van der Waals surface area contributed by atoms with Crippen molar-refractivity contribution in [2.24, 2.45) is 5.92 Å². The fourth-order valence-electron chi connectivity index (χ4n) is 3.87. The Balaban J connectivity index is 1.56. The smallest absolute Gasteiger partial charge is 0.387 e. The number of aromatic nitrogens is 1. The fourth-order valence-corrected chi connectivity index (χ4v) is 5.99. The molecule has 0 spiro atoms. The lowest BCUT2D eigenvalue weighted by atomic mass is 10.0. The number of carbonyl (C=O) groups excluding carboxylic acids is 1. The van der Waals surface area contributed by atoms with Gasteiger partial charge in [-0.2, -0.15) is 13.5 Å². The number of benzene rings is 2. The van der Waals surface area contributed by atoms with Gasteiger partial charge in [0.25, 0.3) is 0 Å². The lowest BCUT2D eigenvalue weighted by Crippen LogP contribution is -2.31. The van der Waals surface area contributed by atoms with Crippen LogP contribution in [0.5, 0.6) is 11.5 Å². The minimum Gasteiger partial charge on any atom is -0.489 e. The van der Waals surface area contributed by atoms with E-state index in [9.17, 15) is 30.4 Å². The van der Waals surface area contributed by atoms with Gasteiger partial charge in [-0.25, -0.2) is 16.8 Å². The van der Waals surface area contributed by atoms with Crippen LogP contribution in [0.2, 0.25) is 10.0 Å². The third-order valence-corrected chi connectivity index (χ3v) is 9.51. The number of halogens is 4. The number of nitrogens with one attached hydrogen (secondary N) is 1. The van der Waals surface area contributed by atoms with E-state index in [4.69, 9.17) is 32.7 Å². The Kier molecular flexibility index (Phi) is 10.5. The number of pyridine rings is 1. The summed E-state index contributed by atoms with van der Waals surface area (Å²) in [6.45, 7) is -3.61. The van der Waals surface area contributed by atoms with Crippen molar-refractivity contribution < 1.29 is 44.6 Å². The van der Waals surface area contributed by atoms with Crippen molar-refractivity contribution in [3.05, 3.63) is 76.0 Å². The highest BCUT2D eigenvalue weighted by atomic mass is 35.5. The second kappa shape index (κ2) is 13.7. The van der Waals surface area contributed by atoms with Gasteiger partial charge in [0.2, 0.25) is 10.0 Å². The van der Waals surface area contributed by atoms with Gasteiger partial charge in [0.15, 0.2) is 21.3 Å². The zero-order valence-electron chi connectivity index (χ0n) is 22.5. The van der Waals surface area contributed by atoms with Gasteiger partial charge in [-0.3, -0.25) is 9.78 Å². The van der Waals surface area contributed by atoms with Crippen molar-refractivity contribution in [1.29, 1.82) is 0 Å². The molecule has 1 aliphatic carbocycles.